The summed E-state index contributed by atoms with van der Waals surface area (Å²) >= 11 is 0. The molecule has 0 aromatic carbocycles. The first kappa shape index (κ1) is 14.9. The maximum absolute atomic E-state index is 10.9. The lowest BCUT2D eigenvalue weighted by molar-refractivity contribution is 0.424. The van der Waals surface area contributed by atoms with Gasteiger partial charge in [0.15, 0.2) is 0 Å². The van der Waals surface area contributed by atoms with E-state index < -0.39 is 9.84 Å². The average molecular weight is 235 g/mol. The van der Waals surface area contributed by atoms with Gasteiger partial charge in [-0.1, -0.05) is 33.1 Å². The average Bonchev–Trinajstić information content (AvgIpc) is 2.15. The van der Waals surface area contributed by atoms with Gasteiger partial charge in [-0.15, -0.1) is 0 Å². The number of hydrogen-bond acceptors (Lipinski definition) is 3. The molecule has 0 saturated heterocycles. The van der Waals surface area contributed by atoms with Gasteiger partial charge >= 0.3 is 0 Å². The van der Waals surface area contributed by atoms with Crippen molar-refractivity contribution in [3.05, 3.63) is 0 Å². The van der Waals surface area contributed by atoms with E-state index in [0.717, 1.165) is 6.54 Å². The second-order valence-electron chi connectivity index (χ2n) is 4.25. The van der Waals surface area contributed by atoms with Gasteiger partial charge in [-0.2, -0.15) is 0 Å². The van der Waals surface area contributed by atoms with E-state index in [4.69, 9.17) is 0 Å². The van der Waals surface area contributed by atoms with Crippen LogP contribution < -0.4 is 5.32 Å². The summed E-state index contributed by atoms with van der Waals surface area (Å²) in [6.45, 7) is 5.93. The molecule has 0 rings (SSSR count). The fraction of sp³-hybridized carbons (Fsp3) is 1.00. The summed E-state index contributed by atoms with van der Waals surface area (Å²) in [5.41, 5.74) is 0. The van der Waals surface area contributed by atoms with Gasteiger partial charge in [-0.3, -0.25) is 0 Å². The van der Waals surface area contributed by atoms with Crippen molar-refractivity contribution in [3.8, 4) is 0 Å². The predicted molar refractivity (Wildman–Crippen MR) is 65.9 cm³/mol. The first-order chi connectivity index (χ1) is 6.99. The molecule has 0 aliphatic carbocycles. The Labute approximate surface area is 94.6 Å². The van der Waals surface area contributed by atoms with E-state index >= 15 is 0 Å². The molecule has 0 radical (unpaired) electrons. The van der Waals surface area contributed by atoms with E-state index in [1.54, 1.807) is 0 Å². The summed E-state index contributed by atoms with van der Waals surface area (Å²) in [6.07, 6.45) is 6.21. The molecule has 0 fully saturated rings. The zero-order valence-electron chi connectivity index (χ0n) is 10.3. The molecule has 0 bridgehead atoms. The third-order valence-electron chi connectivity index (χ3n) is 2.63. The zero-order valence-corrected chi connectivity index (χ0v) is 11.1. The number of unbranched alkanes of at least 4 members (excludes halogenated alkanes) is 1. The van der Waals surface area contributed by atoms with Crippen molar-refractivity contribution < 1.29 is 8.42 Å². The van der Waals surface area contributed by atoms with Crippen LogP contribution in [0.5, 0.6) is 0 Å². The molecule has 1 N–H and O–H groups in total. The number of sulfone groups is 1. The Morgan fingerprint density at radius 1 is 1.27 bits per heavy atom. The predicted octanol–water partition coefficient (Wildman–Crippen LogP) is 1.84. The Bertz CT molecular complexity index is 237. The third-order valence-corrected chi connectivity index (χ3v) is 3.57. The Balaban J connectivity index is 3.54. The molecule has 0 aliphatic heterocycles. The quantitative estimate of drug-likeness (QED) is 0.620. The zero-order chi connectivity index (χ0) is 11.7. The van der Waals surface area contributed by atoms with E-state index in [0.29, 0.717) is 12.5 Å². The maximum atomic E-state index is 10.9. The molecule has 0 spiro atoms. The van der Waals surface area contributed by atoms with E-state index in [-0.39, 0.29) is 5.75 Å². The minimum absolute atomic E-state index is 0.247. The summed E-state index contributed by atoms with van der Waals surface area (Å²) in [4.78, 5) is 0. The lowest BCUT2D eigenvalue weighted by Crippen LogP contribution is -2.27. The Morgan fingerprint density at radius 3 is 2.40 bits per heavy atom. The standard InChI is InChI=1S/C11H25NO2S/c1-4-6-7-11(5-2)10-12-8-9-15(3,13)14/h11-12H,4-10H2,1-3H3. The Hall–Kier alpha value is -0.0900. The van der Waals surface area contributed by atoms with Gasteiger partial charge < -0.3 is 5.32 Å². The summed E-state index contributed by atoms with van der Waals surface area (Å²) in [5, 5.41) is 3.22. The molecule has 4 heteroatoms. The van der Waals surface area contributed by atoms with Crippen molar-refractivity contribution in [2.24, 2.45) is 5.92 Å². The van der Waals surface area contributed by atoms with Crippen LogP contribution in [0.25, 0.3) is 0 Å². The highest BCUT2D eigenvalue weighted by Crippen LogP contribution is 2.10. The lowest BCUT2D eigenvalue weighted by Gasteiger charge is -2.14. The number of hydrogen-bond donors (Lipinski definition) is 1. The Kier molecular flexibility index (Phi) is 8.06. The second-order valence-corrected chi connectivity index (χ2v) is 6.51. The molecule has 0 aliphatic rings. The van der Waals surface area contributed by atoms with Crippen LogP contribution in [0.15, 0.2) is 0 Å². The van der Waals surface area contributed by atoms with Gasteiger partial charge in [0, 0.05) is 12.8 Å². The smallest absolute Gasteiger partial charge is 0.148 e. The van der Waals surface area contributed by atoms with Crippen LogP contribution in [0.3, 0.4) is 0 Å². The van der Waals surface area contributed by atoms with Gasteiger partial charge in [-0.05, 0) is 18.9 Å². The van der Waals surface area contributed by atoms with E-state index in [1.807, 2.05) is 0 Å². The van der Waals surface area contributed by atoms with Crippen molar-refractivity contribution in [1.29, 1.82) is 0 Å². The normalized spacial score (nSPS) is 14.1. The van der Waals surface area contributed by atoms with E-state index in [9.17, 15) is 8.42 Å². The van der Waals surface area contributed by atoms with Gasteiger partial charge in [0.25, 0.3) is 0 Å². The minimum atomic E-state index is -2.81. The van der Waals surface area contributed by atoms with E-state index in [2.05, 4.69) is 19.2 Å². The van der Waals surface area contributed by atoms with Crippen LogP contribution in [0.4, 0.5) is 0 Å². The van der Waals surface area contributed by atoms with Crippen LogP contribution in [-0.4, -0.2) is 33.5 Å². The second kappa shape index (κ2) is 8.11. The van der Waals surface area contributed by atoms with Crippen LogP contribution in [-0.2, 0) is 9.84 Å². The van der Waals surface area contributed by atoms with Gasteiger partial charge in [0.2, 0.25) is 0 Å². The molecule has 15 heavy (non-hydrogen) atoms. The van der Waals surface area contributed by atoms with Crippen LogP contribution in [0, 0.1) is 5.92 Å². The molecule has 3 nitrogen and oxygen atoms in total. The lowest BCUT2D eigenvalue weighted by atomic mass is 9.99. The molecular weight excluding hydrogens is 210 g/mol. The first-order valence-corrected chi connectivity index (χ1v) is 7.94. The first-order valence-electron chi connectivity index (χ1n) is 5.88. The molecule has 0 amide bonds. The van der Waals surface area contributed by atoms with Crippen LogP contribution in [0.1, 0.15) is 39.5 Å². The van der Waals surface area contributed by atoms with Crippen LogP contribution in [0.2, 0.25) is 0 Å². The Morgan fingerprint density at radius 2 is 1.93 bits per heavy atom. The number of nitrogens with one attached hydrogen (secondary N) is 1. The van der Waals surface area contributed by atoms with Crippen molar-refractivity contribution in [2.75, 3.05) is 25.1 Å². The van der Waals surface area contributed by atoms with Crippen LogP contribution >= 0.6 is 0 Å². The summed E-state index contributed by atoms with van der Waals surface area (Å²) in [6, 6.07) is 0. The summed E-state index contributed by atoms with van der Waals surface area (Å²) < 4.78 is 21.8. The fourth-order valence-corrected chi connectivity index (χ4v) is 2.02. The third kappa shape index (κ3) is 10.2. The highest BCUT2D eigenvalue weighted by atomic mass is 32.2. The van der Waals surface area contributed by atoms with Gasteiger partial charge in [0.05, 0.1) is 5.75 Å². The fourth-order valence-electron chi connectivity index (χ4n) is 1.51. The largest absolute Gasteiger partial charge is 0.315 e. The van der Waals surface area contributed by atoms with Crippen molar-refractivity contribution in [1.82, 2.24) is 5.32 Å². The molecule has 0 heterocycles. The SMILES string of the molecule is CCCCC(CC)CNCCS(C)(=O)=O. The molecule has 1 unspecified atom stereocenters. The van der Waals surface area contributed by atoms with Crippen molar-refractivity contribution >= 4 is 9.84 Å². The van der Waals surface area contributed by atoms with E-state index in [1.165, 1.54) is 31.9 Å². The highest BCUT2D eigenvalue weighted by Gasteiger charge is 2.06. The number of rotatable bonds is 9. The van der Waals surface area contributed by atoms with Gasteiger partial charge in [0.1, 0.15) is 9.84 Å². The van der Waals surface area contributed by atoms with Crippen molar-refractivity contribution in [2.45, 2.75) is 39.5 Å². The molecule has 92 valence electrons. The topological polar surface area (TPSA) is 46.2 Å². The molecular formula is C11H25NO2S. The molecule has 0 saturated carbocycles. The van der Waals surface area contributed by atoms with Crippen molar-refractivity contribution in [3.63, 3.8) is 0 Å². The monoisotopic (exact) mass is 235 g/mol. The summed E-state index contributed by atoms with van der Waals surface area (Å²) in [7, 11) is -2.81. The highest BCUT2D eigenvalue weighted by molar-refractivity contribution is 7.90. The summed E-state index contributed by atoms with van der Waals surface area (Å²) in [5.74, 6) is 0.946. The molecule has 0 aromatic heterocycles. The molecule has 1 atom stereocenters. The van der Waals surface area contributed by atoms with Gasteiger partial charge in [-0.25, -0.2) is 8.42 Å². The minimum Gasteiger partial charge on any atom is -0.315 e. The maximum Gasteiger partial charge on any atom is 0.148 e. The molecule has 0 aromatic rings.